The zero-order valence-electron chi connectivity index (χ0n) is 14.7. The highest BCUT2D eigenvalue weighted by Crippen LogP contribution is 2.25. The first-order valence-corrected chi connectivity index (χ1v) is 8.58. The minimum absolute atomic E-state index is 0.157. The molecule has 1 aromatic rings. The summed E-state index contributed by atoms with van der Waals surface area (Å²) in [7, 11) is 0. The first-order valence-electron chi connectivity index (χ1n) is 8.58. The molecule has 3 amide bonds. The van der Waals surface area contributed by atoms with Crippen LogP contribution in [0.5, 0.6) is 0 Å². The van der Waals surface area contributed by atoms with Crippen molar-refractivity contribution in [2.75, 3.05) is 19.6 Å². The van der Waals surface area contributed by atoms with Crippen LogP contribution < -0.4 is 0 Å². The molecule has 0 bridgehead atoms. The SMILES string of the molecule is CCCCN1C(=O)c2ccc(C(=O)N(CCC#N)CCC#N)cc2C1=O. The summed E-state index contributed by atoms with van der Waals surface area (Å²) < 4.78 is 0. The normalized spacial score (nSPS) is 12.5. The first kappa shape index (κ1) is 19.1. The fourth-order valence-electron chi connectivity index (χ4n) is 2.81. The number of hydrogen-bond acceptors (Lipinski definition) is 5. The predicted molar refractivity (Wildman–Crippen MR) is 93.1 cm³/mol. The smallest absolute Gasteiger partial charge is 0.261 e. The van der Waals surface area contributed by atoms with Crippen molar-refractivity contribution in [3.63, 3.8) is 0 Å². The molecular weight excluding hydrogens is 332 g/mol. The Hall–Kier alpha value is -3.19. The number of nitrogens with zero attached hydrogens (tertiary/aromatic N) is 4. The second kappa shape index (κ2) is 8.77. The Morgan fingerprint density at radius 1 is 1.08 bits per heavy atom. The van der Waals surface area contributed by atoms with Crippen molar-refractivity contribution in [1.82, 2.24) is 9.80 Å². The number of imide groups is 1. The average Bonchev–Trinajstić information content (AvgIpc) is 2.89. The minimum atomic E-state index is -0.381. The number of hydrogen-bond donors (Lipinski definition) is 0. The van der Waals surface area contributed by atoms with Gasteiger partial charge in [-0.3, -0.25) is 19.3 Å². The van der Waals surface area contributed by atoms with Gasteiger partial charge in [0.2, 0.25) is 0 Å². The van der Waals surface area contributed by atoms with E-state index in [1.807, 2.05) is 19.1 Å². The van der Waals surface area contributed by atoms with E-state index in [-0.39, 0.29) is 54.8 Å². The maximum absolute atomic E-state index is 12.7. The van der Waals surface area contributed by atoms with E-state index in [0.717, 1.165) is 12.8 Å². The van der Waals surface area contributed by atoms with Gasteiger partial charge in [-0.05, 0) is 24.6 Å². The van der Waals surface area contributed by atoms with Gasteiger partial charge >= 0.3 is 0 Å². The van der Waals surface area contributed by atoms with Crippen LogP contribution in [0.15, 0.2) is 18.2 Å². The van der Waals surface area contributed by atoms with E-state index < -0.39 is 0 Å². The summed E-state index contributed by atoms with van der Waals surface area (Å²) in [6.45, 7) is 2.77. The zero-order valence-corrected chi connectivity index (χ0v) is 14.7. The molecular formula is C19H20N4O3. The third kappa shape index (κ3) is 3.89. The number of fused-ring (bicyclic) bond motifs is 1. The molecule has 0 fully saturated rings. The highest BCUT2D eigenvalue weighted by molar-refractivity contribution is 6.22. The third-order valence-electron chi connectivity index (χ3n) is 4.23. The van der Waals surface area contributed by atoms with Gasteiger partial charge in [0.05, 0.1) is 36.1 Å². The molecule has 0 atom stereocenters. The molecule has 0 saturated heterocycles. The first-order chi connectivity index (χ1) is 12.5. The molecule has 26 heavy (non-hydrogen) atoms. The Morgan fingerprint density at radius 2 is 1.69 bits per heavy atom. The average molecular weight is 352 g/mol. The largest absolute Gasteiger partial charge is 0.337 e. The van der Waals surface area contributed by atoms with Gasteiger partial charge in [0, 0.05) is 25.2 Å². The zero-order chi connectivity index (χ0) is 19.1. The van der Waals surface area contributed by atoms with Crippen molar-refractivity contribution in [3.05, 3.63) is 34.9 Å². The van der Waals surface area contributed by atoms with Gasteiger partial charge in [0.25, 0.3) is 17.7 Å². The standard InChI is InChI=1S/C19H20N4O3/c1-2-3-12-23-18(25)15-7-6-14(13-16(15)19(23)26)17(24)22(10-4-8-20)11-5-9-21/h6-7,13H,2-5,10-12H2,1H3. The summed E-state index contributed by atoms with van der Waals surface area (Å²) in [5.74, 6) is -1.07. The molecule has 1 aliphatic heterocycles. The summed E-state index contributed by atoms with van der Waals surface area (Å²) in [6, 6.07) is 8.41. The van der Waals surface area contributed by atoms with Crippen molar-refractivity contribution < 1.29 is 14.4 Å². The van der Waals surface area contributed by atoms with Crippen LogP contribution in [-0.2, 0) is 0 Å². The Kier molecular flexibility index (Phi) is 6.46. The van der Waals surface area contributed by atoms with Crippen LogP contribution in [0.1, 0.15) is 63.7 Å². The van der Waals surface area contributed by atoms with Crippen molar-refractivity contribution in [2.24, 2.45) is 0 Å². The molecule has 1 aromatic carbocycles. The fraction of sp³-hybridized carbons (Fsp3) is 0.421. The van der Waals surface area contributed by atoms with Gasteiger partial charge < -0.3 is 4.90 Å². The van der Waals surface area contributed by atoms with Crippen LogP contribution in [0.3, 0.4) is 0 Å². The van der Waals surface area contributed by atoms with Gasteiger partial charge in [-0.1, -0.05) is 13.3 Å². The Labute approximate surface area is 152 Å². The maximum atomic E-state index is 12.7. The van der Waals surface area contributed by atoms with Crippen LogP contribution in [0.2, 0.25) is 0 Å². The van der Waals surface area contributed by atoms with Crippen molar-refractivity contribution in [2.45, 2.75) is 32.6 Å². The summed E-state index contributed by atoms with van der Waals surface area (Å²) in [4.78, 5) is 40.2. The lowest BCUT2D eigenvalue weighted by molar-refractivity contribution is 0.0652. The second-order valence-electron chi connectivity index (χ2n) is 5.98. The van der Waals surface area contributed by atoms with E-state index in [4.69, 9.17) is 10.5 Å². The van der Waals surface area contributed by atoms with Crippen LogP contribution in [0.25, 0.3) is 0 Å². The summed E-state index contributed by atoms with van der Waals surface area (Å²) in [6.07, 6.45) is 1.91. The maximum Gasteiger partial charge on any atom is 0.261 e. The van der Waals surface area contributed by atoms with Gasteiger partial charge in [-0.25, -0.2) is 0 Å². The van der Waals surface area contributed by atoms with E-state index in [9.17, 15) is 14.4 Å². The third-order valence-corrected chi connectivity index (χ3v) is 4.23. The highest BCUT2D eigenvalue weighted by Gasteiger charge is 2.35. The summed E-state index contributed by atoms with van der Waals surface area (Å²) >= 11 is 0. The molecule has 7 heteroatoms. The quantitative estimate of drug-likeness (QED) is 0.668. The number of benzene rings is 1. The fourth-order valence-corrected chi connectivity index (χ4v) is 2.81. The molecule has 0 spiro atoms. The second-order valence-corrected chi connectivity index (χ2v) is 5.98. The van der Waals surface area contributed by atoms with Crippen LogP contribution in [0, 0.1) is 22.7 Å². The van der Waals surface area contributed by atoms with Gasteiger partial charge in [-0.15, -0.1) is 0 Å². The number of carbonyl (C=O) groups excluding carboxylic acids is 3. The van der Waals surface area contributed by atoms with Crippen LogP contribution >= 0.6 is 0 Å². The number of unbranched alkanes of at least 4 members (excludes halogenated alkanes) is 1. The molecule has 0 saturated carbocycles. The molecule has 134 valence electrons. The number of amides is 3. The van der Waals surface area contributed by atoms with Gasteiger partial charge in [0.1, 0.15) is 0 Å². The van der Waals surface area contributed by atoms with E-state index in [2.05, 4.69) is 0 Å². The van der Waals surface area contributed by atoms with E-state index in [1.165, 1.54) is 28.0 Å². The van der Waals surface area contributed by atoms with E-state index in [0.29, 0.717) is 12.1 Å². The Morgan fingerprint density at radius 3 is 2.27 bits per heavy atom. The molecule has 1 heterocycles. The monoisotopic (exact) mass is 352 g/mol. The Bertz CT molecular complexity index is 786. The van der Waals surface area contributed by atoms with Gasteiger partial charge in [0.15, 0.2) is 0 Å². The minimum Gasteiger partial charge on any atom is -0.337 e. The molecule has 0 unspecified atom stereocenters. The van der Waals surface area contributed by atoms with E-state index >= 15 is 0 Å². The van der Waals surface area contributed by atoms with Crippen molar-refractivity contribution in [3.8, 4) is 12.1 Å². The Balaban J connectivity index is 2.25. The molecule has 0 radical (unpaired) electrons. The number of carbonyl (C=O) groups is 3. The van der Waals surface area contributed by atoms with E-state index in [1.54, 1.807) is 0 Å². The summed E-state index contributed by atoms with van der Waals surface area (Å²) in [5.41, 5.74) is 0.818. The van der Waals surface area contributed by atoms with Crippen LogP contribution in [-0.4, -0.2) is 47.2 Å². The van der Waals surface area contributed by atoms with Crippen molar-refractivity contribution in [1.29, 1.82) is 10.5 Å². The number of nitriles is 2. The predicted octanol–water partition coefficient (Wildman–Crippen LogP) is 2.35. The molecule has 0 N–H and O–H groups in total. The topological polar surface area (TPSA) is 105 Å². The molecule has 2 rings (SSSR count). The molecule has 7 nitrogen and oxygen atoms in total. The lowest BCUT2D eigenvalue weighted by Crippen LogP contribution is -2.33. The van der Waals surface area contributed by atoms with Gasteiger partial charge in [-0.2, -0.15) is 10.5 Å². The molecule has 1 aliphatic rings. The lowest BCUT2D eigenvalue weighted by atomic mass is 10.0. The highest BCUT2D eigenvalue weighted by atomic mass is 16.2. The lowest BCUT2D eigenvalue weighted by Gasteiger charge is -2.20. The summed E-state index contributed by atoms with van der Waals surface area (Å²) in [5, 5.41) is 17.5. The molecule has 0 aromatic heterocycles. The van der Waals surface area contributed by atoms with Crippen LogP contribution in [0.4, 0.5) is 0 Å². The number of rotatable bonds is 8. The van der Waals surface area contributed by atoms with Crippen molar-refractivity contribution >= 4 is 17.7 Å². The molecule has 0 aliphatic carbocycles.